The Kier molecular flexibility index (Phi) is 5.72. The molecular formula is C28H40N2O3S. The van der Waals surface area contributed by atoms with Crippen LogP contribution in [0.1, 0.15) is 71.6 Å². The van der Waals surface area contributed by atoms with Gasteiger partial charge in [0.1, 0.15) is 6.61 Å². The van der Waals surface area contributed by atoms with Crippen molar-refractivity contribution in [2.24, 2.45) is 34.5 Å². The molecule has 6 rings (SSSR count). The average molecular weight is 485 g/mol. The molecule has 0 radical (unpaired) electrons. The smallest absolute Gasteiger partial charge is 0.331 e. The van der Waals surface area contributed by atoms with Gasteiger partial charge in [-0.3, -0.25) is 0 Å². The second kappa shape index (κ2) is 8.40. The molecule has 8 atom stereocenters. The fourth-order valence-electron chi connectivity index (χ4n) is 9.27. The van der Waals surface area contributed by atoms with Gasteiger partial charge in [0.2, 0.25) is 0 Å². The van der Waals surface area contributed by atoms with Crippen LogP contribution in [0.3, 0.4) is 0 Å². The van der Waals surface area contributed by atoms with Crippen LogP contribution >= 0.6 is 11.8 Å². The number of fused-ring (bicyclic) bond motifs is 5. The molecule has 1 N–H and O–H groups in total. The number of hydrogen-bond donors (Lipinski definition) is 1. The summed E-state index contributed by atoms with van der Waals surface area (Å²) >= 11 is 2.16. The Morgan fingerprint density at radius 2 is 2.03 bits per heavy atom. The van der Waals surface area contributed by atoms with E-state index in [4.69, 9.17) is 4.74 Å². The minimum atomic E-state index is -0.600. The van der Waals surface area contributed by atoms with Crippen molar-refractivity contribution in [2.75, 3.05) is 12.4 Å². The number of cyclic esters (lactones) is 1. The summed E-state index contributed by atoms with van der Waals surface area (Å²) in [5, 5.41) is 13.1. The van der Waals surface area contributed by atoms with Crippen LogP contribution in [-0.2, 0) is 16.1 Å². The van der Waals surface area contributed by atoms with Crippen molar-refractivity contribution >= 4 is 17.7 Å². The highest BCUT2D eigenvalue weighted by Gasteiger charge is 2.67. The van der Waals surface area contributed by atoms with Gasteiger partial charge >= 0.3 is 5.97 Å². The number of carbonyl (C=O) groups excluding carboxylic acids is 1. The van der Waals surface area contributed by atoms with Gasteiger partial charge in [-0.1, -0.05) is 13.8 Å². The summed E-state index contributed by atoms with van der Waals surface area (Å²) in [6.45, 7) is 6.38. The van der Waals surface area contributed by atoms with Crippen molar-refractivity contribution < 1.29 is 14.6 Å². The third-order valence-corrected chi connectivity index (χ3v) is 12.5. The number of rotatable bonds is 5. The number of aromatic nitrogens is 2. The molecule has 0 saturated heterocycles. The Bertz CT molecular complexity index is 963. The summed E-state index contributed by atoms with van der Waals surface area (Å²) in [6.07, 6.45) is 18.2. The van der Waals surface area contributed by atoms with E-state index in [0.717, 1.165) is 48.3 Å². The lowest BCUT2D eigenvalue weighted by Crippen LogP contribution is -2.62. The fourth-order valence-corrected chi connectivity index (χ4v) is 10.6. The van der Waals surface area contributed by atoms with Gasteiger partial charge in [-0.15, -0.1) is 0 Å². The zero-order valence-corrected chi connectivity index (χ0v) is 21.6. The minimum Gasteiger partial charge on any atom is -0.458 e. The van der Waals surface area contributed by atoms with Crippen molar-refractivity contribution in [3.8, 4) is 0 Å². The fraction of sp³-hybridized carbons (Fsp3) is 0.786. The lowest BCUT2D eigenvalue weighted by Gasteiger charge is -2.64. The Morgan fingerprint density at radius 1 is 1.15 bits per heavy atom. The average Bonchev–Trinajstić information content (AvgIpc) is 3.54. The number of aliphatic hydroxyl groups is 1. The molecule has 4 fully saturated rings. The van der Waals surface area contributed by atoms with Gasteiger partial charge in [0, 0.05) is 41.4 Å². The van der Waals surface area contributed by atoms with Crippen LogP contribution in [-0.4, -0.2) is 43.8 Å². The van der Waals surface area contributed by atoms with Crippen LogP contribution < -0.4 is 0 Å². The van der Waals surface area contributed by atoms with Gasteiger partial charge in [-0.05, 0) is 92.4 Å². The normalized spacial score (nSPS) is 45.8. The highest BCUT2D eigenvalue weighted by Crippen LogP contribution is 2.70. The molecule has 186 valence electrons. The number of hydrogen-bond acceptors (Lipinski definition) is 5. The summed E-state index contributed by atoms with van der Waals surface area (Å²) in [5.74, 6) is 3.09. The molecular weight excluding hydrogens is 444 g/mol. The summed E-state index contributed by atoms with van der Waals surface area (Å²) in [6, 6.07) is 0. The third-order valence-electron chi connectivity index (χ3n) is 11.2. The molecule has 5 aliphatic rings. The first kappa shape index (κ1) is 23.1. The molecule has 4 saturated carbocycles. The summed E-state index contributed by atoms with van der Waals surface area (Å²) in [5.41, 5.74) is 0.773. The van der Waals surface area contributed by atoms with E-state index in [1.165, 1.54) is 38.5 Å². The molecule has 0 aromatic carbocycles. The topological polar surface area (TPSA) is 64.4 Å². The second-order valence-electron chi connectivity index (χ2n) is 12.4. The minimum absolute atomic E-state index is 0.127. The first-order chi connectivity index (χ1) is 16.3. The first-order valence-electron chi connectivity index (χ1n) is 13.5. The Hall–Kier alpha value is -1.27. The summed E-state index contributed by atoms with van der Waals surface area (Å²) in [7, 11) is 0. The van der Waals surface area contributed by atoms with Crippen LogP contribution in [0.25, 0.3) is 0 Å². The van der Waals surface area contributed by atoms with Gasteiger partial charge in [-0.2, -0.15) is 11.8 Å². The number of aryl methyl sites for hydroxylation is 1. The molecule has 2 heterocycles. The predicted molar refractivity (Wildman–Crippen MR) is 134 cm³/mol. The van der Waals surface area contributed by atoms with Crippen LogP contribution in [0.15, 0.2) is 30.4 Å². The van der Waals surface area contributed by atoms with E-state index in [-0.39, 0.29) is 17.3 Å². The molecule has 1 aromatic heterocycles. The first-order valence-corrected chi connectivity index (χ1v) is 14.6. The highest BCUT2D eigenvalue weighted by molar-refractivity contribution is 7.99. The maximum atomic E-state index is 12.4. The van der Waals surface area contributed by atoms with Crippen molar-refractivity contribution in [1.29, 1.82) is 0 Å². The lowest BCUT2D eigenvalue weighted by atomic mass is 9.43. The van der Waals surface area contributed by atoms with Crippen molar-refractivity contribution in [1.82, 2.24) is 9.55 Å². The summed E-state index contributed by atoms with van der Waals surface area (Å²) in [4.78, 5) is 15.9. The van der Waals surface area contributed by atoms with E-state index >= 15 is 0 Å². The van der Waals surface area contributed by atoms with Crippen molar-refractivity contribution in [2.45, 2.75) is 89.0 Å². The number of thioether (sulfide) groups is 1. The monoisotopic (exact) mass is 484 g/mol. The molecule has 0 unspecified atom stereocenters. The molecule has 0 spiro atoms. The molecule has 6 heteroatoms. The van der Waals surface area contributed by atoms with E-state index in [1.54, 1.807) is 6.08 Å². The van der Waals surface area contributed by atoms with Crippen LogP contribution in [0, 0.1) is 34.5 Å². The predicted octanol–water partition coefficient (Wildman–Crippen LogP) is 5.24. The van der Waals surface area contributed by atoms with Gasteiger partial charge in [0.05, 0.1) is 11.9 Å². The largest absolute Gasteiger partial charge is 0.458 e. The van der Waals surface area contributed by atoms with Crippen molar-refractivity contribution in [3.05, 3.63) is 30.4 Å². The van der Waals surface area contributed by atoms with E-state index in [2.05, 4.69) is 41.4 Å². The third kappa shape index (κ3) is 3.45. The number of ether oxygens (including phenoxy) is 1. The van der Waals surface area contributed by atoms with Crippen molar-refractivity contribution in [3.63, 3.8) is 0 Å². The second-order valence-corrected chi connectivity index (χ2v) is 13.8. The standard InChI is InChI=1S/C28H40N2O3S/c1-26-8-5-21(34-14-13-30-12-11-29-18-30)16-20(26)3-4-24-23(26)6-9-27(2)22(7-10-28(24,27)32)19-15-25(31)33-17-19/h11-12,15,18,20-24,32H,3-10,13-14,16-17H2,1-2H3/t20-,21+,22-,23+,24-,26+,27-,28+/m1/s1. The van der Waals surface area contributed by atoms with E-state index in [0.29, 0.717) is 23.9 Å². The van der Waals surface area contributed by atoms with Crippen LogP contribution in [0.5, 0.6) is 0 Å². The summed E-state index contributed by atoms with van der Waals surface area (Å²) < 4.78 is 7.45. The molecule has 5 nitrogen and oxygen atoms in total. The molecule has 0 bridgehead atoms. The maximum Gasteiger partial charge on any atom is 0.331 e. The SMILES string of the molecule is C[C@]12CC[C@H](SCCn3ccnc3)C[C@H]1CC[C@@H]1[C@@H]2CC[C@]2(C)[C@@H](C3=CC(=O)OC3)CC[C@]12O. The van der Waals surface area contributed by atoms with Gasteiger partial charge in [-0.25, -0.2) is 9.78 Å². The zero-order valence-electron chi connectivity index (χ0n) is 20.7. The Morgan fingerprint density at radius 3 is 2.79 bits per heavy atom. The maximum absolute atomic E-state index is 12.4. The quantitative estimate of drug-likeness (QED) is 0.579. The van der Waals surface area contributed by atoms with E-state index in [1.807, 2.05) is 12.5 Å². The van der Waals surface area contributed by atoms with Gasteiger partial charge in [0.25, 0.3) is 0 Å². The van der Waals surface area contributed by atoms with Gasteiger partial charge < -0.3 is 14.4 Å². The molecule has 4 aliphatic carbocycles. The van der Waals surface area contributed by atoms with Gasteiger partial charge in [0.15, 0.2) is 0 Å². The lowest BCUT2D eigenvalue weighted by molar-refractivity contribution is -0.203. The number of esters is 1. The molecule has 0 amide bonds. The number of carbonyl (C=O) groups is 1. The molecule has 1 aromatic rings. The van der Waals surface area contributed by atoms with E-state index in [9.17, 15) is 9.90 Å². The highest BCUT2D eigenvalue weighted by atomic mass is 32.2. The van der Waals surface area contributed by atoms with E-state index < -0.39 is 5.60 Å². The van der Waals surface area contributed by atoms with Crippen LogP contribution in [0.2, 0.25) is 0 Å². The Balaban J connectivity index is 1.15. The zero-order chi connectivity index (χ0) is 23.6. The molecule has 1 aliphatic heterocycles. The number of imidazole rings is 1. The van der Waals surface area contributed by atoms with Crippen LogP contribution in [0.4, 0.5) is 0 Å². The molecule has 34 heavy (non-hydrogen) atoms. The Labute approximate surface area is 208 Å². The number of nitrogens with zero attached hydrogens (tertiary/aromatic N) is 2.